The molecule has 0 saturated heterocycles. The van der Waals surface area contributed by atoms with E-state index in [1.165, 1.54) is 23.3 Å². The monoisotopic (exact) mass is 495 g/mol. The van der Waals surface area contributed by atoms with Gasteiger partial charge in [-0.3, -0.25) is 4.79 Å². The van der Waals surface area contributed by atoms with Crippen LogP contribution in [0.25, 0.3) is 23.0 Å². The van der Waals surface area contributed by atoms with E-state index >= 15 is 0 Å². The molecular weight excluding hydrogens is 469 g/mol. The molecule has 6 rings (SSSR count). The highest BCUT2D eigenvalue weighted by atomic mass is 19.1. The number of carbonyl (C=O) groups excluding carboxylic acids is 1. The Morgan fingerprint density at radius 3 is 2.65 bits per heavy atom. The van der Waals surface area contributed by atoms with Crippen LogP contribution in [0, 0.1) is 5.82 Å². The summed E-state index contributed by atoms with van der Waals surface area (Å²) in [5.41, 5.74) is 6.09. The summed E-state index contributed by atoms with van der Waals surface area (Å²) in [4.78, 5) is 31.2. The summed E-state index contributed by atoms with van der Waals surface area (Å²) in [7, 11) is 0. The fourth-order valence-electron chi connectivity index (χ4n) is 5.29. The molecule has 1 amide bonds. The second-order valence-electron chi connectivity index (χ2n) is 9.85. The Kier molecular flexibility index (Phi) is 5.63. The smallest absolute Gasteiger partial charge is 0.328 e. The van der Waals surface area contributed by atoms with Gasteiger partial charge in [-0.1, -0.05) is 30.3 Å². The number of rotatable bonds is 5. The van der Waals surface area contributed by atoms with Gasteiger partial charge in [0.05, 0.1) is 17.3 Å². The average molecular weight is 496 g/mol. The number of amides is 1. The molecular formula is C30H26FN3O3. The lowest BCUT2D eigenvalue weighted by Gasteiger charge is -2.35. The minimum Gasteiger partial charge on any atom is -0.478 e. The van der Waals surface area contributed by atoms with E-state index in [0.29, 0.717) is 34.8 Å². The fourth-order valence-corrected chi connectivity index (χ4v) is 5.29. The van der Waals surface area contributed by atoms with E-state index in [0.717, 1.165) is 36.5 Å². The van der Waals surface area contributed by atoms with Crippen molar-refractivity contribution in [2.45, 2.75) is 38.1 Å². The van der Waals surface area contributed by atoms with Crippen molar-refractivity contribution in [3.8, 4) is 11.3 Å². The number of nitrogens with zero attached hydrogens (tertiary/aromatic N) is 3. The molecule has 186 valence electrons. The van der Waals surface area contributed by atoms with Gasteiger partial charge in [-0.05, 0) is 78.6 Å². The first kappa shape index (κ1) is 23.2. The van der Waals surface area contributed by atoms with Gasteiger partial charge in [0.2, 0.25) is 0 Å². The SMILES string of the molecule is C[C@@H]1c2ccccc2CCN1C(=O)c1cc(C2CC2)c2nc(-c3ccc(/C=C/C(=O)O)cc3F)cn2c1. The molecule has 0 unspecified atom stereocenters. The van der Waals surface area contributed by atoms with Gasteiger partial charge in [-0.15, -0.1) is 0 Å². The maximum absolute atomic E-state index is 15.0. The molecule has 1 atom stereocenters. The van der Waals surface area contributed by atoms with E-state index in [2.05, 4.69) is 19.1 Å². The molecule has 3 heterocycles. The van der Waals surface area contributed by atoms with Crippen LogP contribution in [0.5, 0.6) is 0 Å². The maximum atomic E-state index is 15.0. The zero-order valence-corrected chi connectivity index (χ0v) is 20.4. The van der Waals surface area contributed by atoms with Crippen molar-refractivity contribution < 1.29 is 19.1 Å². The average Bonchev–Trinajstić information content (AvgIpc) is 3.65. The fraction of sp³-hybridized carbons (Fsp3) is 0.233. The zero-order chi connectivity index (χ0) is 25.7. The molecule has 0 radical (unpaired) electrons. The summed E-state index contributed by atoms with van der Waals surface area (Å²) in [6.45, 7) is 2.74. The van der Waals surface area contributed by atoms with E-state index < -0.39 is 11.8 Å². The van der Waals surface area contributed by atoms with Crippen LogP contribution in [0.4, 0.5) is 4.39 Å². The quantitative estimate of drug-likeness (QED) is 0.351. The molecule has 2 aromatic heterocycles. The molecule has 6 nitrogen and oxygen atoms in total. The number of aromatic nitrogens is 2. The molecule has 1 fully saturated rings. The number of hydrogen-bond acceptors (Lipinski definition) is 3. The van der Waals surface area contributed by atoms with Crippen molar-refractivity contribution in [3.05, 3.63) is 101 Å². The topological polar surface area (TPSA) is 74.9 Å². The van der Waals surface area contributed by atoms with Crippen molar-refractivity contribution in [1.29, 1.82) is 0 Å². The van der Waals surface area contributed by atoms with Gasteiger partial charge >= 0.3 is 5.97 Å². The number of pyridine rings is 1. The van der Waals surface area contributed by atoms with Crippen LogP contribution in [-0.4, -0.2) is 37.8 Å². The van der Waals surface area contributed by atoms with E-state index in [4.69, 9.17) is 10.1 Å². The first-order valence-corrected chi connectivity index (χ1v) is 12.5. The number of benzene rings is 2. The van der Waals surface area contributed by atoms with Crippen LogP contribution in [-0.2, 0) is 11.2 Å². The van der Waals surface area contributed by atoms with Gasteiger partial charge < -0.3 is 14.4 Å². The highest BCUT2D eigenvalue weighted by Crippen LogP contribution is 2.43. The lowest BCUT2D eigenvalue weighted by molar-refractivity contribution is -0.131. The van der Waals surface area contributed by atoms with E-state index in [-0.39, 0.29) is 11.9 Å². The lowest BCUT2D eigenvalue weighted by atomic mass is 9.93. The Morgan fingerprint density at radius 1 is 1.08 bits per heavy atom. The van der Waals surface area contributed by atoms with E-state index in [1.807, 2.05) is 27.5 Å². The largest absolute Gasteiger partial charge is 0.478 e. The molecule has 37 heavy (non-hydrogen) atoms. The molecule has 1 aliphatic heterocycles. The van der Waals surface area contributed by atoms with Gasteiger partial charge in [-0.25, -0.2) is 14.2 Å². The lowest BCUT2D eigenvalue weighted by Crippen LogP contribution is -2.39. The van der Waals surface area contributed by atoms with Crippen LogP contribution >= 0.6 is 0 Å². The van der Waals surface area contributed by atoms with Crippen molar-refractivity contribution >= 4 is 23.6 Å². The molecule has 2 aromatic carbocycles. The number of fused-ring (bicyclic) bond motifs is 2. The van der Waals surface area contributed by atoms with E-state index in [1.54, 1.807) is 24.5 Å². The summed E-state index contributed by atoms with van der Waals surface area (Å²) in [5.74, 6) is -1.24. The molecule has 0 spiro atoms. The Bertz CT molecular complexity index is 1580. The molecule has 2 aliphatic rings. The number of halogens is 1. The van der Waals surface area contributed by atoms with Crippen LogP contribution in [0.2, 0.25) is 0 Å². The van der Waals surface area contributed by atoms with Crippen LogP contribution in [0.1, 0.15) is 64.3 Å². The maximum Gasteiger partial charge on any atom is 0.328 e. The molecule has 1 aliphatic carbocycles. The van der Waals surface area contributed by atoms with Gasteiger partial charge in [0.1, 0.15) is 11.5 Å². The van der Waals surface area contributed by atoms with Crippen molar-refractivity contribution in [3.63, 3.8) is 0 Å². The van der Waals surface area contributed by atoms with Crippen LogP contribution < -0.4 is 0 Å². The number of carboxylic acid groups (broad SMARTS) is 1. The van der Waals surface area contributed by atoms with Crippen molar-refractivity contribution in [2.75, 3.05) is 6.54 Å². The minimum atomic E-state index is -1.09. The minimum absolute atomic E-state index is 0.0122. The molecule has 7 heteroatoms. The Hall–Kier alpha value is -4.26. The molecule has 0 bridgehead atoms. The third-order valence-corrected chi connectivity index (χ3v) is 7.39. The third kappa shape index (κ3) is 4.31. The predicted octanol–water partition coefficient (Wildman–Crippen LogP) is 5.88. The van der Waals surface area contributed by atoms with Gasteiger partial charge in [0.25, 0.3) is 5.91 Å². The van der Waals surface area contributed by atoms with Crippen molar-refractivity contribution in [2.24, 2.45) is 0 Å². The number of carbonyl (C=O) groups is 2. The van der Waals surface area contributed by atoms with Gasteiger partial charge in [0, 0.05) is 30.6 Å². The summed E-state index contributed by atoms with van der Waals surface area (Å²) in [6.07, 6.45) is 8.80. The standard InChI is InChI=1S/C30H26FN3O3/c1-18-23-5-3-2-4-20(23)12-13-34(18)30(37)22-15-25(21-8-9-21)29-32-27(17-33(29)16-22)24-10-6-19(14-26(24)31)7-11-28(35)36/h2-7,10-11,14-18,21H,8-9,12-13H2,1H3,(H,35,36)/b11-7+/t18-/m1/s1. The normalized spacial score (nSPS) is 17.4. The number of aliphatic carboxylic acids is 1. The number of carboxylic acids is 1. The summed E-state index contributed by atoms with van der Waals surface area (Å²) >= 11 is 0. The third-order valence-electron chi connectivity index (χ3n) is 7.39. The second kappa shape index (κ2) is 9.00. The number of imidazole rings is 1. The summed E-state index contributed by atoms with van der Waals surface area (Å²) in [6, 6.07) is 14.8. The van der Waals surface area contributed by atoms with Gasteiger partial charge in [-0.2, -0.15) is 0 Å². The van der Waals surface area contributed by atoms with Gasteiger partial charge in [0.15, 0.2) is 0 Å². The first-order chi connectivity index (χ1) is 17.9. The van der Waals surface area contributed by atoms with Crippen LogP contribution in [0.3, 0.4) is 0 Å². The van der Waals surface area contributed by atoms with E-state index in [9.17, 15) is 14.0 Å². The highest BCUT2D eigenvalue weighted by molar-refractivity contribution is 5.95. The first-order valence-electron chi connectivity index (χ1n) is 12.5. The van der Waals surface area contributed by atoms with Crippen molar-refractivity contribution in [1.82, 2.24) is 14.3 Å². The number of hydrogen-bond donors (Lipinski definition) is 1. The summed E-state index contributed by atoms with van der Waals surface area (Å²) in [5, 5.41) is 8.82. The molecule has 1 N–H and O–H groups in total. The second-order valence-corrected chi connectivity index (χ2v) is 9.85. The summed E-state index contributed by atoms with van der Waals surface area (Å²) < 4.78 is 16.8. The predicted molar refractivity (Wildman–Crippen MR) is 139 cm³/mol. The molecule has 1 saturated carbocycles. The zero-order valence-electron chi connectivity index (χ0n) is 20.4. The Balaban J connectivity index is 1.37. The Labute approximate surface area is 213 Å². The van der Waals surface area contributed by atoms with Crippen LogP contribution in [0.15, 0.2) is 67.0 Å². The highest BCUT2D eigenvalue weighted by Gasteiger charge is 2.32. The molecule has 4 aromatic rings. The Morgan fingerprint density at radius 2 is 1.89 bits per heavy atom.